The highest BCUT2D eigenvalue weighted by molar-refractivity contribution is 8.26. The van der Waals surface area contributed by atoms with Gasteiger partial charge in [0.15, 0.2) is 0 Å². The molecule has 0 N–H and O–H groups in total. The van der Waals surface area contributed by atoms with Crippen molar-refractivity contribution in [2.24, 2.45) is 0 Å². The first-order valence-electron chi connectivity index (χ1n) is 9.36. The Balaban J connectivity index is 1.74. The molecule has 162 valence electrons. The minimum Gasteiger partial charge on any atom is -0.497 e. The van der Waals surface area contributed by atoms with Crippen LogP contribution in [0.3, 0.4) is 0 Å². The van der Waals surface area contributed by atoms with Gasteiger partial charge in [0, 0.05) is 30.3 Å². The number of hydrogen-bond donors (Lipinski definition) is 0. The van der Waals surface area contributed by atoms with Crippen LogP contribution in [0.1, 0.15) is 12.5 Å². The van der Waals surface area contributed by atoms with Gasteiger partial charge in [-0.1, -0.05) is 30.0 Å². The second kappa shape index (κ2) is 10.3. The molecule has 2 aromatic rings. The number of rotatable bonds is 9. The molecular formula is C21H20N2O6S2. The van der Waals surface area contributed by atoms with Gasteiger partial charge in [0.2, 0.25) is 0 Å². The van der Waals surface area contributed by atoms with E-state index in [0.717, 1.165) is 11.8 Å². The van der Waals surface area contributed by atoms with Crippen LogP contribution in [0.4, 0.5) is 5.69 Å². The van der Waals surface area contributed by atoms with Gasteiger partial charge >= 0.3 is 0 Å². The Hall–Kier alpha value is -3.11. The van der Waals surface area contributed by atoms with Gasteiger partial charge in [-0.2, -0.15) is 0 Å². The Morgan fingerprint density at radius 3 is 2.58 bits per heavy atom. The van der Waals surface area contributed by atoms with Crippen LogP contribution in [0, 0.1) is 10.1 Å². The largest absolute Gasteiger partial charge is 0.497 e. The van der Waals surface area contributed by atoms with Gasteiger partial charge in [-0.05, 0) is 31.2 Å². The molecule has 0 saturated carbocycles. The maximum Gasteiger partial charge on any atom is 0.270 e. The number of nitrogens with zero attached hydrogens (tertiary/aromatic N) is 2. The molecule has 8 nitrogen and oxygen atoms in total. The Kier molecular flexibility index (Phi) is 7.48. The molecule has 31 heavy (non-hydrogen) atoms. The van der Waals surface area contributed by atoms with Crippen molar-refractivity contribution in [3.63, 3.8) is 0 Å². The minimum absolute atomic E-state index is 0.0998. The first-order valence-corrected chi connectivity index (χ1v) is 10.6. The monoisotopic (exact) mass is 460 g/mol. The SMILES string of the molecule is CCN1C(=O)/C(=C/c2cc([N+](=O)[O-])ccc2OCCOc2cccc(OC)c2)SC1=S. The normalized spacial score (nSPS) is 14.8. The lowest BCUT2D eigenvalue weighted by Gasteiger charge is -2.12. The molecule has 3 rings (SSSR count). The van der Waals surface area contributed by atoms with E-state index in [4.69, 9.17) is 26.4 Å². The molecule has 1 aliphatic heterocycles. The van der Waals surface area contributed by atoms with Crippen LogP contribution in [0.15, 0.2) is 47.4 Å². The molecule has 1 fully saturated rings. The number of likely N-dealkylation sites (N-methyl/N-ethyl adjacent to an activating group) is 1. The molecule has 0 spiro atoms. The molecule has 0 radical (unpaired) electrons. The van der Waals surface area contributed by atoms with Crippen LogP contribution in [-0.2, 0) is 4.79 Å². The molecule has 0 unspecified atom stereocenters. The molecule has 1 heterocycles. The van der Waals surface area contributed by atoms with Gasteiger partial charge in [0.1, 0.15) is 34.8 Å². The summed E-state index contributed by atoms with van der Waals surface area (Å²) in [6.45, 7) is 2.74. The number of amides is 1. The van der Waals surface area contributed by atoms with Gasteiger partial charge in [0.05, 0.1) is 16.9 Å². The van der Waals surface area contributed by atoms with E-state index in [0.29, 0.717) is 38.6 Å². The van der Waals surface area contributed by atoms with Crippen molar-refractivity contribution in [3.8, 4) is 17.2 Å². The number of non-ortho nitro benzene ring substituents is 1. The minimum atomic E-state index is -0.496. The van der Waals surface area contributed by atoms with E-state index in [2.05, 4.69) is 0 Å². The molecule has 2 aromatic carbocycles. The van der Waals surface area contributed by atoms with Crippen molar-refractivity contribution >= 4 is 46.0 Å². The number of nitro benzene ring substituents is 1. The van der Waals surface area contributed by atoms with Gasteiger partial charge < -0.3 is 14.2 Å². The van der Waals surface area contributed by atoms with Crippen molar-refractivity contribution in [2.45, 2.75) is 6.92 Å². The first kappa shape index (κ1) is 22.6. The van der Waals surface area contributed by atoms with Gasteiger partial charge in [-0.15, -0.1) is 0 Å². The zero-order valence-corrected chi connectivity index (χ0v) is 18.5. The van der Waals surface area contributed by atoms with E-state index in [-0.39, 0.29) is 24.8 Å². The van der Waals surface area contributed by atoms with Crippen molar-refractivity contribution in [3.05, 3.63) is 63.0 Å². The summed E-state index contributed by atoms with van der Waals surface area (Å²) in [6.07, 6.45) is 1.57. The summed E-state index contributed by atoms with van der Waals surface area (Å²) in [4.78, 5) is 25.1. The molecule has 0 aromatic heterocycles. The van der Waals surface area contributed by atoms with Crippen LogP contribution in [0.5, 0.6) is 17.2 Å². The second-order valence-corrected chi connectivity index (χ2v) is 7.96. The van der Waals surface area contributed by atoms with E-state index in [1.54, 1.807) is 25.3 Å². The summed E-state index contributed by atoms with van der Waals surface area (Å²) >= 11 is 6.38. The fourth-order valence-electron chi connectivity index (χ4n) is 2.81. The first-order chi connectivity index (χ1) is 14.9. The third-order valence-electron chi connectivity index (χ3n) is 4.33. The number of benzene rings is 2. The van der Waals surface area contributed by atoms with Gasteiger partial charge in [-0.3, -0.25) is 19.8 Å². The number of ether oxygens (including phenoxy) is 3. The van der Waals surface area contributed by atoms with Crippen molar-refractivity contribution in [1.82, 2.24) is 4.90 Å². The summed E-state index contributed by atoms with van der Waals surface area (Å²) in [7, 11) is 1.58. The van der Waals surface area contributed by atoms with Crippen LogP contribution in [0.2, 0.25) is 0 Å². The summed E-state index contributed by atoms with van der Waals surface area (Å²) < 4.78 is 17.1. The number of thioether (sulfide) groups is 1. The molecule has 1 saturated heterocycles. The Labute approximate surface area is 188 Å². The van der Waals surface area contributed by atoms with Crippen LogP contribution < -0.4 is 14.2 Å². The van der Waals surface area contributed by atoms with Gasteiger partial charge in [-0.25, -0.2) is 0 Å². The fourth-order valence-corrected chi connectivity index (χ4v) is 4.18. The molecule has 10 heteroatoms. The lowest BCUT2D eigenvalue weighted by Crippen LogP contribution is -2.27. The van der Waals surface area contributed by atoms with E-state index in [1.807, 2.05) is 19.1 Å². The number of carbonyl (C=O) groups excluding carboxylic acids is 1. The number of nitro groups is 1. The van der Waals surface area contributed by atoms with Crippen LogP contribution in [0.25, 0.3) is 6.08 Å². The third-order valence-corrected chi connectivity index (χ3v) is 5.71. The number of hydrogen-bond acceptors (Lipinski definition) is 8. The van der Waals surface area contributed by atoms with Crippen LogP contribution in [-0.4, -0.2) is 46.9 Å². The zero-order valence-electron chi connectivity index (χ0n) is 16.9. The van der Waals surface area contributed by atoms with Gasteiger partial charge in [0.25, 0.3) is 11.6 Å². The molecule has 0 aliphatic carbocycles. The summed E-state index contributed by atoms with van der Waals surface area (Å²) in [6, 6.07) is 11.4. The Morgan fingerprint density at radius 1 is 1.16 bits per heavy atom. The summed E-state index contributed by atoms with van der Waals surface area (Å²) in [5, 5.41) is 11.2. The van der Waals surface area contributed by atoms with Crippen molar-refractivity contribution < 1.29 is 23.9 Å². The fraction of sp³-hybridized carbons (Fsp3) is 0.238. The summed E-state index contributed by atoms with van der Waals surface area (Å²) in [5.74, 6) is 1.49. The summed E-state index contributed by atoms with van der Waals surface area (Å²) in [5.41, 5.74) is 0.324. The third kappa shape index (κ3) is 5.53. The Bertz CT molecular complexity index is 1040. The van der Waals surface area contributed by atoms with E-state index >= 15 is 0 Å². The lowest BCUT2D eigenvalue weighted by atomic mass is 10.1. The molecular weight excluding hydrogens is 440 g/mol. The number of thiocarbonyl (C=S) groups is 1. The van der Waals surface area contributed by atoms with Crippen molar-refractivity contribution in [2.75, 3.05) is 26.9 Å². The van der Waals surface area contributed by atoms with E-state index in [1.165, 1.54) is 23.1 Å². The predicted octanol–water partition coefficient (Wildman–Crippen LogP) is 4.28. The maximum absolute atomic E-state index is 12.5. The average molecular weight is 461 g/mol. The highest BCUT2D eigenvalue weighted by Gasteiger charge is 2.31. The number of methoxy groups -OCH3 is 1. The average Bonchev–Trinajstić information content (AvgIpc) is 3.04. The smallest absolute Gasteiger partial charge is 0.270 e. The quantitative estimate of drug-likeness (QED) is 0.180. The zero-order chi connectivity index (χ0) is 22.4. The van der Waals surface area contributed by atoms with Crippen molar-refractivity contribution in [1.29, 1.82) is 0 Å². The van der Waals surface area contributed by atoms with Crippen LogP contribution >= 0.6 is 24.0 Å². The van der Waals surface area contributed by atoms with E-state index in [9.17, 15) is 14.9 Å². The Morgan fingerprint density at radius 2 is 1.90 bits per heavy atom. The highest BCUT2D eigenvalue weighted by atomic mass is 32.2. The maximum atomic E-state index is 12.5. The predicted molar refractivity (Wildman–Crippen MR) is 123 cm³/mol. The topological polar surface area (TPSA) is 91.1 Å². The molecule has 1 aliphatic rings. The molecule has 0 atom stereocenters. The standard InChI is InChI=1S/C21H20N2O6S2/c1-3-22-20(24)19(31-21(22)30)12-14-11-15(23(25)26)7-8-18(14)29-10-9-28-17-6-4-5-16(13-17)27-2/h4-8,11-13H,3,9-10H2,1-2H3/b19-12-. The highest BCUT2D eigenvalue weighted by Crippen LogP contribution is 2.35. The molecule has 0 bridgehead atoms. The lowest BCUT2D eigenvalue weighted by molar-refractivity contribution is -0.384. The molecule has 1 amide bonds. The second-order valence-electron chi connectivity index (χ2n) is 6.28. The van der Waals surface area contributed by atoms with E-state index < -0.39 is 4.92 Å². The number of carbonyl (C=O) groups is 1.